The third kappa shape index (κ3) is 1.99. The number of amides is 2. The summed E-state index contributed by atoms with van der Waals surface area (Å²) in [5, 5.41) is 9.39. The molecule has 4 nitrogen and oxygen atoms in total. The fraction of sp³-hybridized carbons (Fsp3) is 0.231. The molecule has 2 amide bonds. The highest BCUT2D eigenvalue weighted by atomic mass is 16.3. The number of nitrogens with zero attached hydrogens (tertiary/aromatic N) is 1. The van der Waals surface area contributed by atoms with Crippen molar-refractivity contribution < 1.29 is 14.7 Å². The predicted molar refractivity (Wildman–Crippen MR) is 61.9 cm³/mol. The first kappa shape index (κ1) is 11.5. The normalized spacial score (nSPS) is 17.3. The van der Waals surface area contributed by atoms with Gasteiger partial charge in [0, 0.05) is 11.6 Å². The van der Waals surface area contributed by atoms with Crippen LogP contribution in [0.5, 0.6) is 0 Å². The van der Waals surface area contributed by atoms with Crippen molar-refractivity contribution in [2.75, 3.05) is 6.61 Å². The van der Waals surface area contributed by atoms with Crippen LogP contribution in [-0.2, 0) is 9.59 Å². The number of benzene rings is 1. The number of hydrogen-bond acceptors (Lipinski definition) is 3. The Hall–Kier alpha value is -1.94. The van der Waals surface area contributed by atoms with Crippen molar-refractivity contribution in [2.24, 2.45) is 0 Å². The Kier molecular flexibility index (Phi) is 3.06. The van der Waals surface area contributed by atoms with Crippen LogP contribution in [0.2, 0.25) is 0 Å². The van der Waals surface area contributed by atoms with E-state index in [9.17, 15) is 14.7 Å². The van der Waals surface area contributed by atoms with Crippen molar-refractivity contribution >= 4 is 11.8 Å². The summed E-state index contributed by atoms with van der Waals surface area (Å²) in [7, 11) is 0. The molecule has 0 aromatic heterocycles. The monoisotopic (exact) mass is 231 g/mol. The quantitative estimate of drug-likeness (QED) is 0.790. The molecule has 88 valence electrons. The first-order valence-electron chi connectivity index (χ1n) is 5.36. The smallest absolute Gasteiger partial charge is 0.257 e. The Morgan fingerprint density at radius 1 is 1.24 bits per heavy atom. The molecule has 4 heteroatoms. The van der Waals surface area contributed by atoms with E-state index in [1.807, 2.05) is 18.2 Å². The van der Waals surface area contributed by atoms with E-state index in [1.54, 1.807) is 19.1 Å². The van der Waals surface area contributed by atoms with Crippen molar-refractivity contribution in [1.29, 1.82) is 0 Å². The van der Waals surface area contributed by atoms with Gasteiger partial charge in [0.2, 0.25) is 0 Å². The Morgan fingerprint density at radius 3 is 2.35 bits per heavy atom. The van der Waals surface area contributed by atoms with Crippen LogP contribution in [0, 0.1) is 0 Å². The highest BCUT2D eigenvalue weighted by Crippen LogP contribution is 2.26. The van der Waals surface area contributed by atoms with Crippen LogP contribution >= 0.6 is 0 Å². The maximum atomic E-state index is 11.8. The highest BCUT2D eigenvalue weighted by molar-refractivity contribution is 6.16. The third-order valence-corrected chi connectivity index (χ3v) is 2.80. The van der Waals surface area contributed by atoms with E-state index in [2.05, 4.69) is 0 Å². The average Bonchev–Trinajstić information content (AvgIpc) is 2.58. The lowest BCUT2D eigenvalue weighted by Crippen LogP contribution is -2.36. The summed E-state index contributed by atoms with van der Waals surface area (Å²) in [5.74, 6) is -0.701. The maximum absolute atomic E-state index is 11.8. The molecule has 0 aliphatic carbocycles. The minimum absolute atomic E-state index is 0.275. The fourth-order valence-electron chi connectivity index (χ4n) is 1.91. The first-order valence-corrected chi connectivity index (χ1v) is 5.36. The second kappa shape index (κ2) is 4.51. The van der Waals surface area contributed by atoms with Crippen molar-refractivity contribution in [3.63, 3.8) is 0 Å². The molecule has 2 rings (SSSR count). The van der Waals surface area contributed by atoms with Gasteiger partial charge in [-0.05, 0) is 12.5 Å². The van der Waals surface area contributed by atoms with Crippen LogP contribution in [0.3, 0.4) is 0 Å². The van der Waals surface area contributed by atoms with Gasteiger partial charge in [0.25, 0.3) is 11.8 Å². The Morgan fingerprint density at radius 2 is 1.88 bits per heavy atom. The maximum Gasteiger partial charge on any atom is 0.257 e. The minimum atomic E-state index is -0.607. The minimum Gasteiger partial charge on any atom is -0.394 e. The molecular weight excluding hydrogens is 218 g/mol. The van der Waals surface area contributed by atoms with Gasteiger partial charge in [-0.1, -0.05) is 30.3 Å². The van der Waals surface area contributed by atoms with Crippen molar-refractivity contribution in [3.8, 4) is 0 Å². The summed E-state index contributed by atoms with van der Waals surface area (Å²) >= 11 is 0. The second-order valence-corrected chi connectivity index (χ2v) is 3.95. The molecular formula is C13H13NO3. The lowest BCUT2D eigenvalue weighted by Gasteiger charge is -2.25. The van der Waals surface area contributed by atoms with E-state index in [0.717, 1.165) is 10.5 Å². The molecule has 0 radical (unpaired) electrons. The molecule has 17 heavy (non-hydrogen) atoms. The Balaban J connectivity index is 2.33. The molecule has 1 N–H and O–H groups in total. The van der Waals surface area contributed by atoms with Crippen LogP contribution in [0.15, 0.2) is 42.0 Å². The lowest BCUT2D eigenvalue weighted by atomic mass is 10.1. The van der Waals surface area contributed by atoms with E-state index in [0.29, 0.717) is 5.57 Å². The largest absolute Gasteiger partial charge is 0.394 e. The molecule has 1 atom stereocenters. The third-order valence-electron chi connectivity index (χ3n) is 2.80. The summed E-state index contributed by atoms with van der Waals surface area (Å²) in [6, 6.07) is 8.43. The zero-order chi connectivity index (χ0) is 12.4. The molecule has 0 saturated heterocycles. The number of rotatable bonds is 3. The summed E-state index contributed by atoms with van der Waals surface area (Å²) in [4.78, 5) is 24.6. The molecule has 0 unspecified atom stereocenters. The average molecular weight is 231 g/mol. The van der Waals surface area contributed by atoms with Gasteiger partial charge in [-0.2, -0.15) is 0 Å². The van der Waals surface area contributed by atoms with E-state index in [-0.39, 0.29) is 18.4 Å². The Labute approximate surface area is 99.2 Å². The van der Waals surface area contributed by atoms with Crippen molar-refractivity contribution in [3.05, 3.63) is 47.5 Å². The molecule has 1 aliphatic rings. The molecule has 1 aromatic carbocycles. The number of carbonyl (C=O) groups excluding carboxylic acids is 2. The van der Waals surface area contributed by atoms with Crippen LogP contribution < -0.4 is 0 Å². The van der Waals surface area contributed by atoms with E-state index < -0.39 is 6.04 Å². The van der Waals surface area contributed by atoms with E-state index in [4.69, 9.17) is 0 Å². The molecule has 1 aromatic rings. The summed E-state index contributed by atoms with van der Waals surface area (Å²) in [6.07, 6.45) is 1.30. The zero-order valence-corrected chi connectivity index (χ0v) is 9.46. The topological polar surface area (TPSA) is 57.6 Å². The molecule has 0 saturated carbocycles. The van der Waals surface area contributed by atoms with Gasteiger partial charge in [0.15, 0.2) is 0 Å². The number of hydrogen-bond donors (Lipinski definition) is 1. The summed E-state index contributed by atoms with van der Waals surface area (Å²) in [5.41, 5.74) is 1.16. The second-order valence-electron chi connectivity index (χ2n) is 3.95. The lowest BCUT2D eigenvalue weighted by molar-refractivity contribution is -0.141. The highest BCUT2D eigenvalue weighted by Gasteiger charge is 2.34. The van der Waals surface area contributed by atoms with E-state index >= 15 is 0 Å². The van der Waals surface area contributed by atoms with Crippen molar-refractivity contribution in [2.45, 2.75) is 13.0 Å². The number of aliphatic hydroxyl groups is 1. The molecule has 0 fully saturated rings. The number of carbonyl (C=O) groups is 2. The molecule has 0 bridgehead atoms. The van der Waals surface area contributed by atoms with Crippen LogP contribution in [0.25, 0.3) is 0 Å². The van der Waals surface area contributed by atoms with E-state index in [1.165, 1.54) is 6.08 Å². The molecule has 1 heterocycles. The van der Waals surface area contributed by atoms with Crippen molar-refractivity contribution in [1.82, 2.24) is 4.90 Å². The first-order chi connectivity index (χ1) is 8.15. The van der Waals surface area contributed by atoms with Gasteiger partial charge in [0.1, 0.15) is 0 Å². The van der Waals surface area contributed by atoms with Gasteiger partial charge < -0.3 is 5.11 Å². The Bertz CT molecular complexity index is 479. The van der Waals surface area contributed by atoms with Gasteiger partial charge in [0.05, 0.1) is 12.6 Å². The van der Waals surface area contributed by atoms with Gasteiger partial charge in [-0.15, -0.1) is 0 Å². The summed E-state index contributed by atoms with van der Waals surface area (Å²) < 4.78 is 0. The fourth-order valence-corrected chi connectivity index (χ4v) is 1.91. The van der Waals surface area contributed by atoms with Gasteiger partial charge in [-0.25, -0.2) is 0 Å². The SMILES string of the molecule is CC1=CC(=O)N([C@@H](CO)c2ccccc2)C1=O. The number of aliphatic hydroxyl groups excluding tert-OH is 1. The summed E-state index contributed by atoms with van der Waals surface area (Å²) in [6.45, 7) is 1.32. The van der Waals surface area contributed by atoms with Crippen LogP contribution in [0.4, 0.5) is 0 Å². The van der Waals surface area contributed by atoms with Gasteiger partial charge >= 0.3 is 0 Å². The zero-order valence-electron chi connectivity index (χ0n) is 9.46. The number of imide groups is 1. The van der Waals surface area contributed by atoms with Crippen LogP contribution in [0.1, 0.15) is 18.5 Å². The van der Waals surface area contributed by atoms with Crippen LogP contribution in [-0.4, -0.2) is 28.4 Å². The standard InChI is InChI=1S/C13H13NO3/c1-9-7-12(16)14(13(9)17)11(8-15)10-5-3-2-4-6-10/h2-7,11,15H,8H2,1H3/t11-/m0/s1. The van der Waals surface area contributed by atoms with Gasteiger partial charge in [-0.3, -0.25) is 14.5 Å². The molecule has 0 spiro atoms. The predicted octanol–water partition coefficient (Wildman–Crippen LogP) is 1.04. The molecule has 1 aliphatic heterocycles.